The number of hydrogen-bond acceptors (Lipinski definition) is 7. The highest BCUT2D eigenvalue weighted by atomic mass is 16.6. The Morgan fingerprint density at radius 1 is 1.56 bits per heavy atom. The Morgan fingerprint density at radius 3 is 2.69 bits per heavy atom. The van der Waals surface area contributed by atoms with Gasteiger partial charge in [0.2, 0.25) is 11.6 Å². The number of anilines is 2. The lowest BCUT2D eigenvalue weighted by atomic mass is 10.4. The summed E-state index contributed by atoms with van der Waals surface area (Å²) < 4.78 is 0. The van der Waals surface area contributed by atoms with Gasteiger partial charge in [-0.2, -0.15) is 0 Å². The first-order valence-corrected chi connectivity index (χ1v) is 4.86. The summed E-state index contributed by atoms with van der Waals surface area (Å²) in [6.45, 7) is 2.06. The van der Waals surface area contributed by atoms with Gasteiger partial charge >= 0.3 is 5.69 Å². The quantitative estimate of drug-likeness (QED) is 0.386. The molecule has 8 nitrogen and oxygen atoms in total. The summed E-state index contributed by atoms with van der Waals surface area (Å²) in [4.78, 5) is 17.9. The van der Waals surface area contributed by atoms with Crippen LogP contribution in [0, 0.1) is 16.0 Å². The van der Waals surface area contributed by atoms with Gasteiger partial charge in [-0.3, -0.25) is 10.1 Å². The Hall–Kier alpha value is -1.96. The molecule has 0 amide bonds. The maximum Gasteiger partial charge on any atom is 0.354 e. The van der Waals surface area contributed by atoms with Crippen molar-refractivity contribution in [2.45, 2.75) is 19.4 Å². The summed E-state index contributed by atoms with van der Waals surface area (Å²) in [5.74, 6) is 5.90. The van der Waals surface area contributed by atoms with E-state index in [2.05, 4.69) is 27.6 Å². The Labute approximate surface area is 91.4 Å². The molecule has 86 valence electrons. The molecule has 0 spiro atoms. The molecule has 0 aliphatic heterocycles. The van der Waals surface area contributed by atoms with Gasteiger partial charge in [-0.1, -0.05) is 6.92 Å². The van der Waals surface area contributed by atoms with Crippen LogP contribution in [0.15, 0.2) is 6.33 Å². The van der Waals surface area contributed by atoms with E-state index < -0.39 is 4.92 Å². The number of nitrogens with one attached hydrogen (secondary N) is 2. The van der Waals surface area contributed by atoms with Crippen LogP contribution in [0.2, 0.25) is 0 Å². The first-order chi connectivity index (χ1) is 7.63. The van der Waals surface area contributed by atoms with Gasteiger partial charge < -0.3 is 10.7 Å². The van der Waals surface area contributed by atoms with Crippen molar-refractivity contribution in [3.8, 4) is 0 Å². The van der Waals surface area contributed by atoms with Crippen molar-refractivity contribution in [2.24, 2.45) is 11.8 Å². The molecule has 2 atom stereocenters. The summed E-state index contributed by atoms with van der Waals surface area (Å²) >= 11 is 0. The van der Waals surface area contributed by atoms with Crippen molar-refractivity contribution < 1.29 is 4.92 Å². The molecule has 0 radical (unpaired) electrons. The van der Waals surface area contributed by atoms with E-state index >= 15 is 0 Å². The van der Waals surface area contributed by atoms with Crippen LogP contribution in [0.4, 0.5) is 17.3 Å². The number of hydrogen-bond donors (Lipinski definition) is 3. The molecule has 2 unspecified atom stereocenters. The lowest BCUT2D eigenvalue weighted by Gasteiger charge is -2.06. The number of nitrogens with two attached hydrogens (primary N) is 1. The normalized spacial score (nSPS) is 22.6. The Balaban J connectivity index is 2.31. The van der Waals surface area contributed by atoms with Crippen molar-refractivity contribution in [1.82, 2.24) is 9.97 Å². The number of rotatable bonds is 4. The Bertz CT molecular complexity index is 423. The van der Waals surface area contributed by atoms with Gasteiger partial charge in [0.1, 0.15) is 6.33 Å². The van der Waals surface area contributed by atoms with Gasteiger partial charge in [0.25, 0.3) is 0 Å². The van der Waals surface area contributed by atoms with Crippen molar-refractivity contribution in [2.75, 3.05) is 10.7 Å². The Kier molecular flexibility index (Phi) is 2.57. The maximum absolute atomic E-state index is 10.9. The minimum atomic E-state index is -0.551. The fourth-order valence-electron chi connectivity index (χ4n) is 1.46. The monoisotopic (exact) mass is 224 g/mol. The predicted molar refractivity (Wildman–Crippen MR) is 57.7 cm³/mol. The molecule has 4 N–H and O–H groups in total. The van der Waals surface area contributed by atoms with Crippen molar-refractivity contribution in [1.29, 1.82) is 0 Å². The number of hydrazine groups is 1. The second-order valence-corrected chi connectivity index (χ2v) is 3.78. The van der Waals surface area contributed by atoms with Crippen molar-refractivity contribution in [3.05, 3.63) is 16.4 Å². The maximum atomic E-state index is 10.9. The molecule has 1 fully saturated rings. The molecule has 0 aromatic carbocycles. The highest BCUT2D eigenvalue weighted by Gasteiger charge is 2.35. The largest absolute Gasteiger partial charge is 0.361 e. The van der Waals surface area contributed by atoms with E-state index in [1.165, 1.54) is 6.33 Å². The van der Waals surface area contributed by atoms with E-state index in [9.17, 15) is 10.1 Å². The van der Waals surface area contributed by atoms with Gasteiger partial charge in [0, 0.05) is 6.04 Å². The lowest BCUT2D eigenvalue weighted by Crippen LogP contribution is -2.14. The zero-order valence-electron chi connectivity index (χ0n) is 8.67. The second-order valence-electron chi connectivity index (χ2n) is 3.78. The van der Waals surface area contributed by atoms with E-state index in [0.29, 0.717) is 5.92 Å². The molecule has 1 aliphatic rings. The molecule has 1 heterocycles. The van der Waals surface area contributed by atoms with Crippen LogP contribution in [0.3, 0.4) is 0 Å². The number of nitrogen functional groups attached to an aromatic ring is 1. The third-order valence-electron chi connectivity index (χ3n) is 2.57. The van der Waals surface area contributed by atoms with Gasteiger partial charge in [-0.05, 0) is 12.3 Å². The predicted octanol–water partition coefficient (Wildman–Crippen LogP) is 0.491. The third-order valence-corrected chi connectivity index (χ3v) is 2.57. The van der Waals surface area contributed by atoms with Crippen LogP contribution in [0.25, 0.3) is 0 Å². The van der Waals surface area contributed by atoms with Crippen LogP contribution >= 0.6 is 0 Å². The molecule has 0 saturated heterocycles. The summed E-state index contributed by atoms with van der Waals surface area (Å²) in [5.41, 5.74) is 1.97. The summed E-state index contributed by atoms with van der Waals surface area (Å²) in [6.07, 6.45) is 2.23. The van der Waals surface area contributed by atoms with Crippen molar-refractivity contribution in [3.63, 3.8) is 0 Å². The zero-order valence-corrected chi connectivity index (χ0v) is 8.67. The highest BCUT2D eigenvalue weighted by Crippen LogP contribution is 2.36. The summed E-state index contributed by atoms with van der Waals surface area (Å²) in [6, 6.07) is 0.249. The van der Waals surface area contributed by atoms with Gasteiger partial charge in [-0.15, -0.1) is 0 Å². The lowest BCUT2D eigenvalue weighted by molar-refractivity contribution is -0.383. The van der Waals surface area contributed by atoms with Crippen LogP contribution in [0.1, 0.15) is 13.3 Å². The number of nitro groups is 1. The molecular weight excluding hydrogens is 212 g/mol. The van der Waals surface area contributed by atoms with E-state index in [-0.39, 0.29) is 23.4 Å². The average Bonchev–Trinajstić information content (AvgIpc) is 2.93. The van der Waals surface area contributed by atoms with E-state index in [1.54, 1.807) is 0 Å². The summed E-state index contributed by atoms with van der Waals surface area (Å²) in [7, 11) is 0. The van der Waals surface area contributed by atoms with Crippen LogP contribution in [0.5, 0.6) is 0 Å². The minimum absolute atomic E-state index is 0.0100. The first-order valence-electron chi connectivity index (χ1n) is 4.86. The van der Waals surface area contributed by atoms with Gasteiger partial charge in [0.15, 0.2) is 0 Å². The number of aromatic nitrogens is 2. The smallest absolute Gasteiger partial charge is 0.354 e. The second kappa shape index (κ2) is 3.89. The molecule has 1 saturated carbocycles. The van der Waals surface area contributed by atoms with E-state index in [4.69, 9.17) is 5.84 Å². The van der Waals surface area contributed by atoms with Crippen LogP contribution in [-0.2, 0) is 0 Å². The Morgan fingerprint density at radius 2 is 2.19 bits per heavy atom. The molecule has 1 aromatic rings. The van der Waals surface area contributed by atoms with E-state index in [1.807, 2.05) is 0 Å². The molecule has 1 aromatic heterocycles. The molecule has 2 rings (SSSR count). The third kappa shape index (κ3) is 1.87. The SMILES string of the molecule is CC1CC1Nc1ncnc(NN)c1[N+](=O)[O-]. The molecule has 16 heavy (non-hydrogen) atoms. The van der Waals surface area contributed by atoms with Crippen LogP contribution < -0.4 is 16.6 Å². The molecule has 8 heteroatoms. The minimum Gasteiger partial charge on any atom is -0.361 e. The van der Waals surface area contributed by atoms with E-state index in [0.717, 1.165) is 6.42 Å². The fraction of sp³-hybridized carbons (Fsp3) is 0.500. The zero-order chi connectivity index (χ0) is 11.7. The molecular formula is C8H12N6O2. The van der Waals surface area contributed by atoms with Gasteiger partial charge in [-0.25, -0.2) is 15.8 Å². The number of nitrogens with zero attached hydrogens (tertiary/aromatic N) is 3. The first kappa shape index (κ1) is 10.6. The summed E-state index contributed by atoms with van der Waals surface area (Å²) in [5, 5.41) is 13.9. The van der Waals surface area contributed by atoms with Crippen molar-refractivity contribution >= 4 is 17.3 Å². The standard InChI is InChI=1S/C8H12N6O2/c1-4-2-5(4)12-7-6(14(15)16)8(13-9)11-3-10-7/h3-5H,2,9H2,1H3,(H2,10,11,12,13). The fourth-order valence-corrected chi connectivity index (χ4v) is 1.46. The van der Waals surface area contributed by atoms with Crippen LogP contribution in [-0.4, -0.2) is 20.9 Å². The highest BCUT2D eigenvalue weighted by molar-refractivity contribution is 5.69. The molecule has 0 bridgehead atoms. The molecule has 1 aliphatic carbocycles. The average molecular weight is 224 g/mol. The van der Waals surface area contributed by atoms with Gasteiger partial charge in [0.05, 0.1) is 4.92 Å². The topological polar surface area (TPSA) is 119 Å².